The van der Waals surface area contributed by atoms with Gasteiger partial charge in [-0.2, -0.15) is 0 Å². The maximum absolute atomic E-state index is 12.1. The zero-order valence-electron chi connectivity index (χ0n) is 13.8. The van der Waals surface area contributed by atoms with Gasteiger partial charge in [-0.1, -0.05) is 17.7 Å². The summed E-state index contributed by atoms with van der Waals surface area (Å²) >= 11 is 6.25. The lowest BCUT2D eigenvalue weighted by Crippen LogP contribution is -2.21. The van der Waals surface area contributed by atoms with Crippen LogP contribution in [0.25, 0.3) is 0 Å². The lowest BCUT2D eigenvalue weighted by atomic mass is 10.2. The number of hydrogen-bond donors (Lipinski definition) is 2. The van der Waals surface area contributed by atoms with Crippen LogP contribution in [-0.4, -0.2) is 32.8 Å². The molecule has 2 aromatic carbocycles. The number of rotatable bonds is 5. The number of benzene rings is 2. The van der Waals surface area contributed by atoms with Crippen molar-refractivity contribution in [1.82, 2.24) is 0 Å². The fraction of sp³-hybridized carbons (Fsp3) is 0.278. The van der Waals surface area contributed by atoms with E-state index in [0.717, 1.165) is 6.42 Å². The first kappa shape index (κ1) is 17.2. The molecule has 1 aliphatic heterocycles. The summed E-state index contributed by atoms with van der Waals surface area (Å²) < 4.78 is 16.4. The van der Waals surface area contributed by atoms with Crippen LogP contribution in [0, 0.1) is 0 Å². The van der Waals surface area contributed by atoms with E-state index in [-0.39, 0.29) is 12.5 Å². The minimum Gasteiger partial charge on any atom is -0.497 e. The lowest BCUT2D eigenvalue weighted by molar-refractivity contribution is -0.114. The van der Waals surface area contributed by atoms with E-state index >= 15 is 0 Å². The lowest BCUT2D eigenvalue weighted by Gasteiger charge is -2.13. The highest BCUT2D eigenvalue weighted by Gasteiger charge is 2.14. The molecule has 0 spiro atoms. The third kappa shape index (κ3) is 4.48. The van der Waals surface area contributed by atoms with Crippen molar-refractivity contribution in [2.75, 3.05) is 37.5 Å². The Kier molecular flexibility index (Phi) is 5.50. The van der Waals surface area contributed by atoms with Gasteiger partial charge in [0.1, 0.15) is 5.75 Å². The molecule has 0 radical (unpaired) electrons. The zero-order valence-corrected chi connectivity index (χ0v) is 14.6. The summed E-state index contributed by atoms with van der Waals surface area (Å²) in [4.78, 5) is 12.1. The van der Waals surface area contributed by atoms with Gasteiger partial charge in [0.05, 0.1) is 37.6 Å². The molecule has 2 N–H and O–H groups in total. The Morgan fingerprint density at radius 3 is 2.72 bits per heavy atom. The van der Waals surface area contributed by atoms with Crippen LogP contribution in [0.4, 0.5) is 11.4 Å². The van der Waals surface area contributed by atoms with Crippen LogP contribution < -0.4 is 24.8 Å². The maximum atomic E-state index is 12.1. The van der Waals surface area contributed by atoms with Gasteiger partial charge in [0, 0.05) is 30.3 Å². The molecular formula is C18H19ClN2O4. The molecule has 6 nitrogen and oxygen atoms in total. The quantitative estimate of drug-likeness (QED) is 0.851. The second kappa shape index (κ2) is 7.98. The Bertz CT molecular complexity index is 767. The molecule has 0 aromatic heterocycles. The minimum atomic E-state index is -0.198. The van der Waals surface area contributed by atoms with Gasteiger partial charge >= 0.3 is 0 Å². The van der Waals surface area contributed by atoms with Gasteiger partial charge in [-0.15, -0.1) is 0 Å². The van der Waals surface area contributed by atoms with E-state index in [0.29, 0.717) is 46.9 Å². The molecule has 0 fully saturated rings. The number of fused-ring (bicyclic) bond motifs is 1. The number of carbonyl (C=O) groups excluding carboxylic acids is 1. The van der Waals surface area contributed by atoms with E-state index < -0.39 is 0 Å². The van der Waals surface area contributed by atoms with Crippen LogP contribution in [0.1, 0.15) is 6.42 Å². The summed E-state index contributed by atoms with van der Waals surface area (Å²) in [6.07, 6.45) is 0.817. The van der Waals surface area contributed by atoms with Gasteiger partial charge in [0.25, 0.3) is 0 Å². The second-order valence-corrected chi connectivity index (χ2v) is 5.87. The van der Waals surface area contributed by atoms with E-state index in [1.54, 1.807) is 31.4 Å². The fourth-order valence-corrected chi connectivity index (χ4v) is 2.62. The van der Waals surface area contributed by atoms with E-state index in [2.05, 4.69) is 10.6 Å². The molecule has 1 aliphatic rings. The monoisotopic (exact) mass is 362 g/mol. The summed E-state index contributed by atoms with van der Waals surface area (Å²) in [6.45, 7) is 1.25. The SMILES string of the molecule is COc1cccc(NC(=O)CNc2cc3c(cc2Cl)OCCCO3)c1. The van der Waals surface area contributed by atoms with Crippen molar-refractivity contribution in [2.45, 2.75) is 6.42 Å². The van der Waals surface area contributed by atoms with Gasteiger partial charge in [0.2, 0.25) is 5.91 Å². The molecule has 7 heteroatoms. The van der Waals surface area contributed by atoms with Crippen molar-refractivity contribution in [3.63, 3.8) is 0 Å². The van der Waals surface area contributed by atoms with E-state index in [9.17, 15) is 4.79 Å². The molecular weight excluding hydrogens is 344 g/mol. The Labute approximate surface area is 151 Å². The van der Waals surface area contributed by atoms with Crippen molar-refractivity contribution < 1.29 is 19.0 Å². The average molecular weight is 363 g/mol. The number of ether oxygens (including phenoxy) is 3. The number of carbonyl (C=O) groups is 1. The summed E-state index contributed by atoms with van der Waals surface area (Å²) in [6, 6.07) is 10.6. The van der Waals surface area contributed by atoms with Gasteiger partial charge in [-0.25, -0.2) is 0 Å². The second-order valence-electron chi connectivity index (χ2n) is 5.46. The standard InChI is InChI=1S/C18H19ClN2O4/c1-23-13-5-2-4-12(8-13)21-18(22)11-20-15-10-17-16(9-14(15)19)24-6-3-7-25-17/h2,4-5,8-10,20H,3,6-7,11H2,1H3,(H,21,22). The smallest absolute Gasteiger partial charge is 0.243 e. The van der Waals surface area contributed by atoms with Crippen molar-refractivity contribution in [2.24, 2.45) is 0 Å². The first-order valence-electron chi connectivity index (χ1n) is 7.92. The Morgan fingerprint density at radius 2 is 1.96 bits per heavy atom. The molecule has 1 heterocycles. The highest BCUT2D eigenvalue weighted by molar-refractivity contribution is 6.33. The van der Waals surface area contributed by atoms with E-state index in [1.807, 2.05) is 12.1 Å². The zero-order chi connectivity index (χ0) is 17.6. The summed E-state index contributed by atoms with van der Waals surface area (Å²) in [5, 5.41) is 6.29. The molecule has 0 unspecified atom stereocenters. The molecule has 0 aliphatic carbocycles. The van der Waals surface area contributed by atoms with Gasteiger partial charge in [-0.3, -0.25) is 4.79 Å². The van der Waals surface area contributed by atoms with Crippen LogP contribution in [0.15, 0.2) is 36.4 Å². The average Bonchev–Trinajstić information content (AvgIpc) is 2.84. The van der Waals surface area contributed by atoms with E-state index in [4.69, 9.17) is 25.8 Å². The predicted molar refractivity (Wildman–Crippen MR) is 97.2 cm³/mol. The number of anilines is 2. The Hall–Kier alpha value is -2.60. The van der Waals surface area contributed by atoms with Crippen LogP contribution in [0.3, 0.4) is 0 Å². The van der Waals surface area contributed by atoms with Crippen molar-refractivity contribution in [1.29, 1.82) is 0 Å². The highest BCUT2D eigenvalue weighted by Crippen LogP contribution is 2.37. The molecule has 25 heavy (non-hydrogen) atoms. The molecule has 1 amide bonds. The van der Waals surface area contributed by atoms with Gasteiger partial charge < -0.3 is 24.8 Å². The molecule has 0 atom stereocenters. The first-order chi connectivity index (χ1) is 12.2. The van der Waals surface area contributed by atoms with Crippen molar-refractivity contribution >= 4 is 28.9 Å². The van der Waals surface area contributed by atoms with Gasteiger partial charge in [-0.05, 0) is 12.1 Å². The number of halogens is 1. The molecule has 3 rings (SSSR count). The topological polar surface area (TPSA) is 68.8 Å². The molecule has 132 valence electrons. The fourth-order valence-electron chi connectivity index (χ4n) is 2.40. The number of amides is 1. The molecule has 0 saturated carbocycles. The van der Waals surface area contributed by atoms with Crippen LogP contribution in [0.5, 0.6) is 17.2 Å². The van der Waals surface area contributed by atoms with E-state index in [1.165, 1.54) is 0 Å². The number of hydrogen-bond acceptors (Lipinski definition) is 5. The number of methoxy groups -OCH3 is 1. The third-order valence-electron chi connectivity index (χ3n) is 3.63. The minimum absolute atomic E-state index is 0.0660. The summed E-state index contributed by atoms with van der Waals surface area (Å²) in [5.74, 6) is 1.72. The molecule has 0 bridgehead atoms. The van der Waals surface area contributed by atoms with Crippen LogP contribution in [-0.2, 0) is 4.79 Å². The van der Waals surface area contributed by atoms with Crippen LogP contribution >= 0.6 is 11.6 Å². The van der Waals surface area contributed by atoms with Crippen LogP contribution in [0.2, 0.25) is 5.02 Å². The summed E-state index contributed by atoms with van der Waals surface area (Å²) in [5.41, 5.74) is 1.28. The summed E-state index contributed by atoms with van der Waals surface area (Å²) in [7, 11) is 1.58. The largest absolute Gasteiger partial charge is 0.497 e. The highest BCUT2D eigenvalue weighted by atomic mass is 35.5. The maximum Gasteiger partial charge on any atom is 0.243 e. The first-order valence-corrected chi connectivity index (χ1v) is 8.30. The third-order valence-corrected chi connectivity index (χ3v) is 3.94. The van der Waals surface area contributed by atoms with Crippen molar-refractivity contribution in [3.8, 4) is 17.2 Å². The molecule has 2 aromatic rings. The normalized spacial score (nSPS) is 12.9. The molecule has 0 saturated heterocycles. The van der Waals surface area contributed by atoms with Gasteiger partial charge in [0.15, 0.2) is 11.5 Å². The van der Waals surface area contributed by atoms with Crippen molar-refractivity contribution in [3.05, 3.63) is 41.4 Å². The predicted octanol–water partition coefficient (Wildman–Crippen LogP) is 3.56. The Balaban J connectivity index is 1.62. The number of nitrogens with one attached hydrogen (secondary N) is 2. The Morgan fingerprint density at radius 1 is 1.20 bits per heavy atom.